The molecule has 0 unspecified atom stereocenters. The van der Waals surface area contributed by atoms with Crippen LogP contribution in [-0.2, 0) is 10.1 Å². The van der Waals surface area contributed by atoms with Crippen LogP contribution in [0.3, 0.4) is 0 Å². The molecule has 0 bridgehead atoms. The summed E-state index contributed by atoms with van der Waals surface area (Å²) in [6.07, 6.45) is 0. The summed E-state index contributed by atoms with van der Waals surface area (Å²) in [4.78, 5) is -0.252. The molecule has 0 saturated heterocycles. The van der Waals surface area contributed by atoms with Gasteiger partial charge in [0.05, 0.1) is 4.90 Å². The van der Waals surface area contributed by atoms with Crippen molar-refractivity contribution in [2.45, 2.75) is 4.90 Å². The molecule has 7 heteroatoms. The van der Waals surface area contributed by atoms with Gasteiger partial charge in [-0.2, -0.15) is 8.42 Å². The molecule has 0 aliphatic carbocycles. The van der Waals surface area contributed by atoms with Crippen LogP contribution in [0, 0.1) is 0 Å². The average molecular weight is 309 g/mol. The van der Waals surface area contributed by atoms with Crippen molar-refractivity contribution in [2.24, 2.45) is 0 Å². The Bertz CT molecular complexity index is 714. The number of thiocarbonyl (C=S) groups is 1. The van der Waals surface area contributed by atoms with Crippen LogP contribution in [0.5, 0.6) is 5.75 Å². The fourth-order valence-corrected chi connectivity index (χ4v) is 2.20. The van der Waals surface area contributed by atoms with Gasteiger partial charge in [0.1, 0.15) is 5.75 Å². The van der Waals surface area contributed by atoms with Crippen molar-refractivity contribution in [1.82, 2.24) is 0 Å². The predicted molar refractivity (Wildman–Crippen MR) is 79.5 cm³/mol. The quantitative estimate of drug-likeness (QED) is 0.670. The van der Waals surface area contributed by atoms with Gasteiger partial charge in [-0.3, -0.25) is 4.55 Å². The topological polar surface area (TPSA) is 75.6 Å². The molecule has 0 fully saturated rings. The van der Waals surface area contributed by atoms with Crippen LogP contribution in [0.1, 0.15) is 0 Å². The highest BCUT2D eigenvalue weighted by atomic mass is 32.2. The average Bonchev–Trinajstić information content (AvgIpc) is 2.39. The lowest BCUT2D eigenvalue weighted by Gasteiger charge is -2.09. The van der Waals surface area contributed by atoms with Gasteiger partial charge in [0.25, 0.3) is 15.3 Å². The first-order chi connectivity index (χ1) is 9.45. The predicted octanol–water partition coefficient (Wildman–Crippen LogP) is 2.71. The van der Waals surface area contributed by atoms with E-state index in [9.17, 15) is 8.42 Å². The maximum atomic E-state index is 11.0. The Morgan fingerprint density at radius 1 is 1.10 bits per heavy atom. The van der Waals surface area contributed by atoms with Gasteiger partial charge in [0, 0.05) is 11.8 Å². The van der Waals surface area contributed by atoms with Crippen LogP contribution in [0.2, 0.25) is 0 Å². The summed E-state index contributed by atoms with van der Waals surface area (Å²) < 4.78 is 36.3. The number of rotatable bonds is 3. The highest BCUT2D eigenvalue weighted by Gasteiger charge is 2.11. The van der Waals surface area contributed by atoms with Crippen molar-refractivity contribution in [1.29, 1.82) is 0 Å². The smallest absolute Gasteiger partial charge is 0.294 e. The number of benzene rings is 2. The second-order valence-corrected chi connectivity index (χ2v) is 5.62. The third-order valence-corrected chi connectivity index (χ3v) is 3.37. The molecule has 0 amide bonds. The molecule has 0 radical (unpaired) electrons. The van der Waals surface area contributed by atoms with E-state index in [2.05, 4.69) is 5.32 Å². The fraction of sp³-hybridized carbons (Fsp3) is 0. The number of hydrogen-bond acceptors (Lipinski definition) is 4. The molecule has 2 aromatic carbocycles. The second kappa shape index (κ2) is 6.00. The molecule has 0 saturated carbocycles. The van der Waals surface area contributed by atoms with Gasteiger partial charge in [-0.15, -0.1) is 0 Å². The van der Waals surface area contributed by atoms with Crippen LogP contribution in [0.4, 0.5) is 5.69 Å². The summed E-state index contributed by atoms with van der Waals surface area (Å²) in [7, 11) is -4.26. The molecule has 104 valence electrons. The zero-order valence-electron chi connectivity index (χ0n) is 10.2. The van der Waals surface area contributed by atoms with E-state index in [0.717, 1.165) is 5.69 Å². The molecule has 0 atom stereocenters. The summed E-state index contributed by atoms with van der Waals surface area (Å²) in [6, 6.07) is 14.6. The van der Waals surface area contributed by atoms with Gasteiger partial charge in [-0.05, 0) is 36.5 Å². The van der Waals surface area contributed by atoms with Gasteiger partial charge in [-0.25, -0.2) is 0 Å². The van der Waals surface area contributed by atoms with E-state index in [-0.39, 0.29) is 15.8 Å². The molecule has 0 heterocycles. The van der Waals surface area contributed by atoms with Crippen LogP contribution >= 0.6 is 12.2 Å². The van der Waals surface area contributed by atoms with Crippen molar-refractivity contribution in [3.05, 3.63) is 54.6 Å². The normalized spacial score (nSPS) is 10.8. The molecular formula is C13H11NO4S2. The summed E-state index contributed by atoms with van der Waals surface area (Å²) in [5.74, 6) is 0.216. The van der Waals surface area contributed by atoms with Gasteiger partial charge < -0.3 is 10.1 Å². The van der Waals surface area contributed by atoms with E-state index < -0.39 is 10.1 Å². The second-order valence-electron chi connectivity index (χ2n) is 3.83. The molecule has 2 rings (SSSR count). The van der Waals surface area contributed by atoms with Crippen molar-refractivity contribution >= 4 is 33.2 Å². The molecule has 2 aromatic rings. The van der Waals surface area contributed by atoms with Gasteiger partial charge >= 0.3 is 0 Å². The third-order valence-electron chi connectivity index (χ3n) is 2.33. The lowest BCUT2D eigenvalue weighted by molar-refractivity contribution is 0.481. The Labute approximate surface area is 122 Å². The molecule has 0 aliphatic heterocycles. The summed E-state index contributed by atoms with van der Waals surface area (Å²) >= 11 is 5.01. The van der Waals surface area contributed by atoms with E-state index in [1.165, 1.54) is 24.3 Å². The summed E-state index contributed by atoms with van der Waals surface area (Å²) in [6.45, 7) is 0. The number of nitrogens with one attached hydrogen (secondary N) is 1. The van der Waals surface area contributed by atoms with Crippen LogP contribution in [0.25, 0.3) is 0 Å². The first kappa shape index (κ1) is 14.4. The molecule has 2 N–H and O–H groups in total. The van der Waals surface area contributed by atoms with Crippen molar-refractivity contribution < 1.29 is 17.7 Å². The Kier molecular flexibility index (Phi) is 4.33. The largest absolute Gasteiger partial charge is 0.432 e. The van der Waals surface area contributed by atoms with Gasteiger partial charge in [0.15, 0.2) is 0 Å². The molecule has 20 heavy (non-hydrogen) atoms. The number of hydrogen-bond donors (Lipinski definition) is 2. The van der Waals surface area contributed by atoms with Crippen LogP contribution in [-0.4, -0.2) is 18.1 Å². The minimum Gasteiger partial charge on any atom is -0.432 e. The fourth-order valence-electron chi connectivity index (χ4n) is 1.47. The molecule has 5 nitrogen and oxygen atoms in total. The van der Waals surface area contributed by atoms with Crippen molar-refractivity contribution in [3.63, 3.8) is 0 Å². The highest BCUT2D eigenvalue weighted by Crippen LogP contribution is 2.18. The van der Waals surface area contributed by atoms with E-state index >= 15 is 0 Å². The highest BCUT2D eigenvalue weighted by molar-refractivity contribution is 7.85. The standard InChI is InChI=1S/C13H11NO4S2/c15-20(16,17)12-8-4-7-11(9-12)18-13(19)14-10-5-2-1-3-6-10/h1-9H,(H,14,19)(H,15,16,17). The zero-order chi connectivity index (χ0) is 14.6. The van der Waals surface area contributed by atoms with Crippen LogP contribution < -0.4 is 10.1 Å². The maximum Gasteiger partial charge on any atom is 0.294 e. The summed E-state index contributed by atoms with van der Waals surface area (Å²) in [5, 5.41) is 2.92. The molecule has 0 aliphatic rings. The minimum atomic E-state index is -4.26. The lowest BCUT2D eigenvalue weighted by Crippen LogP contribution is -2.16. The monoisotopic (exact) mass is 309 g/mol. The Morgan fingerprint density at radius 2 is 1.80 bits per heavy atom. The first-order valence-corrected chi connectivity index (χ1v) is 7.41. The lowest BCUT2D eigenvalue weighted by atomic mass is 10.3. The minimum absolute atomic E-state index is 0.0729. The van der Waals surface area contributed by atoms with Crippen molar-refractivity contribution in [3.8, 4) is 5.75 Å². The Balaban J connectivity index is 2.09. The van der Waals surface area contributed by atoms with E-state index in [0.29, 0.717) is 0 Å². The SMILES string of the molecule is O=S(=O)(O)c1cccc(OC(=S)Nc2ccccc2)c1. The van der Waals surface area contributed by atoms with Crippen LogP contribution in [0.15, 0.2) is 59.5 Å². The zero-order valence-corrected chi connectivity index (χ0v) is 11.8. The number of para-hydroxylation sites is 1. The van der Waals surface area contributed by atoms with E-state index in [4.69, 9.17) is 21.5 Å². The number of ether oxygens (including phenoxy) is 1. The third kappa shape index (κ3) is 4.02. The van der Waals surface area contributed by atoms with E-state index in [1.54, 1.807) is 0 Å². The van der Waals surface area contributed by atoms with E-state index in [1.807, 2.05) is 30.3 Å². The Hall–Kier alpha value is -1.96. The van der Waals surface area contributed by atoms with Crippen molar-refractivity contribution in [2.75, 3.05) is 5.32 Å². The number of anilines is 1. The molecule has 0 aromatic heterocycles. The van der Waals surface area contributed by atoms with Gasteiger partial charge in [0.2, 0.25) is 0 Å². The Morgan fingerprint density at radius 3 is 2.45 bits per heavy atom. The molecule has 0 spiro atoms. The molecular weight excluding hydrogens is 298 g/mol. The van der Waals surface area contributed by atoms with Gasteiger partial charge in [-0.1, -0.05) is 24.3 Å². The summed E-state index contributed by atoms with van der Waals surface area (Å²) in [5.41, 5.74) is 0.753. The maximum absolute atomic E-state index is 11.0. The first-order valence-electron chi connectivity index (χ1n) is 5.56.